The molecule has 0 amide bonds. The van der Waals surface area contributed by atoms with Crippen LogP contribution < -0.4 is 4.74 Å². The zero-order valence-electron chi connectivity index (χ0n) is 10.0. The highest BCUT2D eigenvalue weighted by Gasteiger charge is 2.00. The van der Waals surface area contributed by atoms with Crippen LogP contribution in [-0.4, -0.2) is 15.9 Å². The molecular weight excluding hydrogens is 248 g/mol. The second-order valence-corrected chi connectivity index (χ2v) is 4.88. The Bertz CT molecular complexity index is 506. The molecule has 0 atom stereocenters. The Morgan fingerprint density at radius 1 is 1.39 bits per heavy atom. The van der Waals surface area contributed by atoms with E-state index in [1.165, 1.54) is 0 Å². The van der Waals surface area contributed by atoms with Crippen LogP contribution >= 0.6 is 11.3 Å². The zero-order valence-corrected chi connectivity index (χ0v) is 10.9. The molecule has 0 saturated heterocycles. The van der Waals surface area contributed by atoms with Crippen LogP contribution in [0.1, 0.15) is 17.4 Å². The Labute approximate surface area is 110 Å². The summed E-state index contributed by atoms with van der Waals surface area (Å²) < 4.78 is 5.63. The van der Waals surface area contributed by atoms with Crippen molar-refractivity contribution in [3.63, 3.8) is 0 Å². The van der Waals surface area contributed by atoms with Crippen molar-refractivity contribution in [3.8, 4) is 5.75 Å². The number of thiazole rings is 1. The van der Waals surface area contributed by atoms with Crippen LogP contribution in [0.2, 0.25) is 0 Å². The summed E-state index contributed by atoms with van der Waals surface area (Å²) in [4.78, 5) is 5.09. The molecule has 0 spiro atoms. The van der Waals surface area contributed by atoms with Crippen molar-refractivity contribution in [1.82, 2.24) is 4.98 Å². The number of hydrogen-bond donors (Lipinski definition) is 1. The maximum absolute atomic E-state index is 8.60. The normalized spacial score (nSPS) is 11.5. The highest BCUT2D eigenvalue weighted by Crippen LogP contribution is 2.16. The molecule has 0 saturated carbocycles. The first kappa shape index (κ1) is 12.6. The van der Waals surface area contributed by atoms with Gasteiger partial charge in [-0.1, -0.05) is 17.3 Å². The van der Waals surface area contributed by atoms with E-state index in [1.807, 2.05) is 24.3 Å². The lowest BCUT2D eigenvalue weighted by molar-refractivity contribution is 0.309. The van der Waals surface area contributed by atoms with Crippen LogP contribution in [0, 0.1) is 0 Å². The highest BCUT2D eigenvalue weighted by molar-refractivity contribution is 7.09. The Kier molecular flexibility index (Phi) is 4.30. The van der Waals surface area contributed by atoms with E-state index in [1.54, 1.807) is 30.0 Å². The lowest BCUT2D eigenvalue weighted by atomic mass is 10.1. The van der Waals surface area contributed by atoms with Crippen LogP contribution in [0.3, 0.4) is 0 Å². The molecule has 18 heavy (non-hydrogen) atoms. The molecular formula is C13H14N2O2S. The summed E-state index contributed by atoms with van der Waals surface area (Å²) in [6, 6.07) is 7.77. The van der Waals surface area contributed by atoms with Crippen molar-refractivity contribution in [2.75, 3.05) is 0 Å². The standard InChI is InChI=1S/C13H14N2O2S/c1-10(15-16)6-11-2-4-12(5-3-11)17-8-13-7-14-9-18-13/h2-5,7,9,16H,6,8H2,1H3/b15-10-. The molecule has 1 N–H and O–H groups in total. The third kappa shape index (κ3) is 3.56. The second-order valence-electron chi connectivity index (χ2n) is 3.91. The molecule has 0 aliphatic heterocycles. The van der Waals surface area contributed by atoms with Gasteiger partial charge in [0.25, 0.3) is 0 Å². The number of ether oxygens (including phenoxy) is 1. The average Bonchev–Trinajstić information content (AvgIpc) is 2.91. The van der Waals surface area contributed by atoms with E-state index < -0.39 is 0 Å². The van der Waals surface area contributed by atoms with Gasteiger partial charge in [-0.25, -0.2) is 0 Å². The van der Waals surface area contributed by atoms with E-state index in [9.17, 15) is 0 Å². The number of hydrogen-bond acceptors (Lipinski definition) is 5. The molecule has 0 aliphatic carbocycles. The third-order valence-corrected chi connectivity index (χ3v) is 3.17. The van der Waals surface area contributed by atoms with E-state index in [4.69, 9.17) is 9.94 Å². The Hall–Kier alpha value is -1.88. The van der Waals surface area contributed by atoms with E-state index >= 15 is 0 Å². The van der Waals surface area contributed by atoms with E-state index in [-0.39, 0.29) is 0 Å². The highest BCUT2D eigenvalue weighted by atomic mass is 32.1. The monoisotopic (exact) mass is 262 g/mol. The second kappa shape index (κ2) is 6.16. The number of oxime groups is 1. The van der Waals surface area contributed by atoms with Gasteiger partial charge in [-0.05, 0) is 24.6 Å². The van der Waals surface area contributed by atoms with Gasteiger partial charge >= 0.3 is 0 Å². The summed E-state index contributed by atoms with van der Waals surface area (Å²) >= 11 is 1.58. The minimum atomic E-state index is 0.543. The molecule has 2 rings (SSSR count). The summed E-state index contributed by atoms with van der Waals surface area (Å²) in [5.41, 5.74) is 3.57. The maximum atomic E-state index is 8.60. The number of benzene rings is 1. The van der Waals surface area contributed by atoms with Crippen molar-refractivity contribution in [3.05, 3.63) is 46.4 Å². The molecule has 0 aliphatic rings. The molecule has 1 aromatic carbocycles. The first-order chi connectivity index (χ1) is 8.78. The van der Waals surface area contributed by atoms with Crippen molar-refractivity contribution in [1.29, 1.82) is 0 Å². The Balaban J connectivity index is 1.91. The van der Waals surface area contributed by atoms with Crippen molar-refractivity contribution < 1.29 is 9.94 Å². The van der Waals surface area contributed by atoms with Crippen molar-refractivity contribution in [2.24, 2.45) is 5.16 Å². The molecule has 2 aromatic rings. The molecule has 0 radical (unpaired) electrons. The third-order valence-electron chi connectivity index (χ3n) is 2.42. The van der Waals surface area contributed by atoms with Crippen LogP contribution in [0.5, 0.6) is 5.75 Å². The number of rotatable bonds is 5. The predicted molar refractivity (Wildman–Crippen MR) is 71.5 cm³/mol. The summed E-state index contributed by atoms with van der Waals surface area (Å²) in [5.74, 6) is 0.825. The number of aromatic nitrogens is 1. The molecule has 0 fully saturated rings. The molecule has 5 heteroatoms. The minimum Gasteiger partial charge on any atom is -0.488 e. The summed E-state index contributed by atoms with van der Waals surface area (Å²) in [6.07, 6.45) is 2.45. The predicted octanol–water partition coefficient (Wildman–Crippen LogP) is 3.11. The fraction of sp³-hybridized carbons (Fsp3) is 0.231. The maximum Gasteiger partial charge on any atom is 0.124 e. The quantitative estimate of drug-likeness (QED) is 0.511. The Morgan fingerprint density at radius 2 is 2.17 bits per heavy atom. The molecule has 0 bridgehead atoms. The molecule has 1 aromatic heterocycles. The minimum absolute atomic E-state index is 0.543. The van der Waals surface area contributed by atoms with Crippen molar-refractivity contribution >= 4 is 17.0 Å². The van der Waals surface area contributed by atoms with Gasteiger partial charge in [0.2, 0.25) is 0 Å². The summed E-state index contributed by atoms with van der Waals surface area (Å²) in [7, 11) is 0. The average molecular weight is 262 g/mol. The smallest absolute Gasteiger partial charge is 0.124 e. The molecule has 0 unspecified atom stereocenters. The van der Waals surface area contributed by atoms with Crippen LogP contribution in [0.4, 0.5) is 0 Å². The number of nitrogens with zero attached hydrogens (tertiary/aromatic N) is 2. The zero-order chi connectivity index (χ0) is 12.8. The van der Waals surface area contributed by atoms with E-state index in [0.29, 0.717) is 18.7 Å². The fourth-order valence-electron chi connectivity index (χ4n) is 1.50. The lowest BCUT2D eigenvalue weighted by Crippen LogP contribution is -1.98. The van der Waals surface area contributed by atoms with Crippen molar-refractivity contribution in [2.45, 2.75) is 20.0 Å². The first-order valence-corrected chi connectivity index (χ1v) is 6.42. The van der Waals surface area contributed by atoms with Gasteiger partial charge in [-0.3, -0.25) is 4.98 Å². The van der Waals surface area contributed by atoms with Crippen LogP contribution in [0.25, 0.3) is 0 Å². The van der Waals surface area contributed by atoms with E-state index in [0.717, 1.165) is 16.2 Å². The fourth-order valence-corrected chi connectivity index (χ4v) is 2.01. The molecule has 4 nitrogen and oxygen atoms in total. The van der Waals surface area contributed by atoms with Gasteiger partial charge in [-0.15, -0.1) is 11.3 Å². The molecule has 94 valence electrons. The van der Waals surface area contributed by atoms with Gasteiger partial charge < -0.3 is 9.94 Å². The summed E-state index contributed by atoms with van der Waals surface area (Å²) in [6.45, 7) is 2.33. The van der Waals surface area contributed by atoms with Crippen LogP contribution in [-0.2, 0) is 13.0 Å². The van der Waals surface area contributed by atoms with Gasteiger partial charge in [0.05, 0.1) is 16.1 Å². The van der Waals surface area contributed by atoms with E-state index in [2.05, 4.69) is 10.1 Å². The topological polar surface area (TPSA) is 54.7 Å². The molecule has 1 heterocycles. The van der Waals surface area contributed by atoms with Crippen LogP contribution in [0.15, 0.2) is 41.1 Å². The van der Waals surface area contributed by atoms with Gasteiger partial charge in [0.15, 0.2) is 0 Å². The van der Waals surface area contributed by atoms with Gasteiger partial charge in [0.1, 0.15) is 12.4 Å². The van der Waals surface area contributed by atoms with Gasteiger partial charge in [0, 0.05) is 12.6 Å². The SMILES string of the molecule is C/C(Cc1ccc(OCc2cncs2)cc1)=N/O. The Morgan fingerprint density at radius 3 is 2.78 bits per heavy atom. The summed E-state index contributed by atoms with van der Waals surface area (Å²) in [5, 5.41) is 11.8. The lowest BCUT2D eigenvalue weighted by Gasteiger charge is -2.05. The largest absolute Gasteiger partial charge is 0.488 e. The first-order valence-electron chi connectivity index (χ1n) is 5.54. The van der Waals surface area contributed by atoms with Gasteiger partial charge in [-0.2, -0.15) is 0 Å².